The number of hydrogen-bond donors (Lipinski definition) is 0. The molecule has 0 aliphatic heterocycles. The molecule has 0 aromatic carbocycles. The van der Waals surface area contributed by atoms with Crippen LogP contribution in [0.5, 0.6) is 0 Å². The maximum atomic E-state index is 12.7. The van der Waals surface area contributed by atoms with Gasteiger partial charge in [0.2, 0.25) is 5.76 Å². The van der Waals surface area contributed by atoms with Crippen LogP contribution in [0.15, 0.2) is 10.6 Å². The van der Waals surface area contributed by atoms with Crippen LogP contribution in [-0.4, -0.2) is 5.16 Å². The molecule has 88 valence electrons. The van der Waals surface area contributed by atoms with Crippen molar-refractivity contribution in [2.75, 3.05) is 0 Å². The van der Waals surface area contributed by atoms with Gasteiger partial charge in [-0.05, 0) is 0 Å². The van der Waals surface area contributed by atoms with E-state index in [0.717, 1.165) is 6.92 Å². The highest BCUT2D eigenvalue weighted by atomic mass is 19.3. The Morgan fingerprint density at radius 1 is 1.13 bits per heavy atom. The lowest BCUT2D eigenvalue weighted by Crippen LogP contribution is -2.11. The maximum Gasteiger partial charge on any atom is 0.304 e. The van der Waals surface area contributed by atoms with Gasteiger partial charge in [-0.1, -0.05) is 39.8 Å². The van der Waals surface area contributed by atoms with Gasteiger partial charge in [0.1, 0.15) is 0 Å². The van der Waals surface area contributed by atoms with E-state index in [1.54, 1.807) is 0 Å². The summed E-state index contributed by atoms with van der Waals surface area (Å²) in [5, 5.41) is 3.60. The van der Waals surface area contributed by atoms with E-state index in [0.29, 0.717) is 5.69 Å². The largest absolute Gasteiger partial charge is 0.355 e. The highest BCUT2D eigenvalue weighted by Crippen LogP contribution is 2.30. The van der Waals surface area contributed by atoms with E-state index < -0.39 is 5.92 Å². The Morgan fingerprint density at radius 2 is 1.60 bits per heavy atom. The minimum atomic E-state index is -2.95. The summed E-state index contributed by atoms with van der Waals surface area (Å²) in [6.45, 7) is 10.5. The third kappa shape index (κ3) is 3.98. The fourth-order valence-corrected chi connectivity index (χ4v) is 0.836. The molecule has 2 nitrogen and oxygen atoms in total. The molecule has 4 heteroatoms. The van der Waals surface area contributed by atoms with E-state index >= 15 is 0 Å². The SMILES string of the molecule is CC.CC(C)(C)c1cc(C(C)(F)F)on1. The van der Waals surface area contributed by atoms with E-state index in [2.05, 4.69) is 9.68 Å². The second-order valence-corrected chi connectivity index (χ2v) is 4.21. The highest BCUT2D eigenvalue weighted by Gasteiger charge is 2.31. The highest BCUT2D eigenvalue weighted by molar-refractivity contribution is 5.16. The topological polar surface area (TPSA) is 26.0 Å². The Kier molecular flexibility index (Phi) is 4.43. The lowest BCUT2D eigenvalue weighted by atomic mass is 9.92. The molecule has 1 rings (SSSR count). The van der Waals surface area contributed by atoms with E-state index in [4.69, 9.17) is 0 Å². The smallest absolute Gasteiger partial charge is 0.304 e. The summed E-state index contributed by atoms with van der Waals surface area (Å²) in [7, 11) is 0. The maximum absolute atomic E-state index is 12.7. The molecule has 0 saturated heterocycles. The van der Waals surface area contributed by atoms with Crippen molar-refractivity contribution in [1.29, 1.82) is 0 Å². The number of halogens is 2. The first-order chi connectivity index (χ1) is 6.71. The number of hydrogen-bond acceptors (Lipinski definition) is 2. The summed E-state index contributed by atoms with van der Waals surface area (Å²) < 4.78 is 30.0. The Morgan fingerprint density at radius 3 is 1.80 bits per heavy atom. The molecule has 0 fully saturated rings. The van der Waals surface area contributed by atoms with Crippen LogP contribution in [0.4, 0.5) is 8.78 Å². The first-order valence-corrected chi connectivity index (χ1v) is 5.07. The van der Waals surface area contributed by atoms with Crippen LogP contribution >= 0.6 is 0 Å². The predicted octanol–water partition coefficient (Wildman–Crippen LogP) is 4.11. The molecule has 15 heavy (non-hydrogen) atoms. The molecule has 0 radical (unpaired) electrons. The molecule has 0 atom stereocenters. The van der Waals surface area contributed by atoms with Crippen LogP contribution in [-0.2, 0) is 11.3 Å². The second kappa shape index (κ2) is 4.73. The van der Waals surface area contributed by atoms with Crippen molar-refractivity contribution in [3.63, 3.8) is 0 Å². The average molecular weight is 219 g/mol. The zero-order valence-corrected chi connectivity index (χ0v) is 10.2. The molecule has 0 unspecified atom stereocenters. The second-order valence-electron chi connectivity index (χ2n) is 4.21. The van der Waals surface area contributed by atoms with Gasteiger partial charge in [0.05, 0.1) is 5.69 Å². The van der Waals surface area contributed by atoms with Crippen LogP contribution in [0, 0.1) is 0 Å². The molecule has 0 spiro atoms. The molecule has 0 aliphatic rings. The van der Waals surface area contributed by atoms with Crippen LogP contribution < -0.4 is 0 Å². The summed E-state index contributed by atoms with van der Waals surface area (Å²) in [4.78, 5) is 0. The number of aromatic nitrogens is 1. The van der Waals surface area contributed by atoms with Crippen LogP contribution in [0.3, 0.4) is 0 Å². The lowest BCUT2D eigenvalue weighted by Gasteiger charge is -2.12. The van der Waals surface area contributed by atoms with Crippen molar-refractivity contribution in [1.82, 2.24) is 5.16 Å². The summed E-state index contributed by atoms with van der Waals surface area (Å²) in [6.07, 6.45) is 0. The molecular weight excluding hydrogens is 200 g/mol. The standard InChI is InChI=1S/C9H13F2NO.C2H6/c1-8(2,3)6-5-7(13-12-6)9(4,10)11;1-2/h5H,1-4H3;1-2H3. The molecule has 0 aliphatic carbocycles. The third-order valence-electron chi connectivity index (χ3n) is 1.71. The fourth-order valence-electron chi connectivity index (χ4n) is 0.836. The number of rotatable bonds is 1. The predicted molar refractivity (Wildman–Crippen MR) is 56.1 cm³/mol. The van der Waals surface area contributed by atoms with Gasteiger partial charge >= 0.3 is 5.92 Å². The minimum absolute atomic E-state index is 0.257. The summed E-state index contributed by atoms with van der Waals surface area (Å²) in [5.41, 5.74) is 0.288. The number of alkyl halides is 2. The van der Waals surface area contributed by atoms with Gasteiger partial charge in [-0.2, -0.15) is 8.78 Å². The van der Waals surface area contributed by atoms with E-state index in [1.165, 1.54) is 6.07 Å². The van der Waals surface area contributed by atoms with Crippen molar-refractivity contribution in [3.8, 4) is 0 Å². The summed E-state index contributed by atoms with van der Waals surface area (Å²) >= 11 is 0. The monoisotopic (exact) mass is 219 g/mol. The Hall–Kier alpha value is -0.930. The van der Waals surface area contributed by atoms with Crippen molar-refractivity contribution >= 4 is 0 Å². The first kappa shape index (κ1) is 14.1. The quantitative estimate of drug-likeness (QED) is 0.710. The van der Waals surface area contributed by atoms with Crippen molar-refractivity contribution in [3.05, 3.63) is 17.5 Å². The molecule has 0 bridgehead atoms. The van der Waals surface area contributed by atoms with Crippen LogP contribution in [0.2, 0.25) is 0 Å². The number of nitrogens with zero attached hydrogens (tertiary/aromatic N) is 1. The van der Waals surface area contributed by atoms with Gasteiger partial charge in [0.25, 0.3) is 0 Å². The average Bonchev–Trinajstić information content (AvgIpc) is 2.53. The van der Waals surface area contributed by atoms with Gasteiger partial charge < -0.3 is 4.52 Å². The molecule has 1 aromatic rings. The summed E-state index contributed by atoms with van der Waals surface area (Å²) in [6, 6.07) is 1.31. The normalized spacial score (nSPS) is 12.0. The Bertz CT molecular complexity index is 266. The van der Waals surface area contributed by atoms with Gasteiger partial charge in [0.15, 0.2) is 0 Å². The molecule has 1 heterocycles. The summed E-state index contributed by atoms with van der Waals surface area (Å²) in [5.74, 6) is -3.33. The zero-order valence-electron chi connectivity index (χ0n) is 10.2. The Labute approximate surface area is 89.7 Å². The minimum Gasteiger partial charge on any atom is -0.355 e. The fraction of sp³-hybridized carbons (Fsp3) is 0.727. The van der Waals surface area contributed by atoms with E-state index in [9.17, 15) is 8.78 Å². The van der Waals surface area contributed by atoms with Gasteiger partial charge in [-0.3, -0.25) is 0 Å². The van der Waals surface area contributed by atoms with Gasteiger partial charge in [0, 0.05) is 18.4 Å². The van der Waals surface area contributed by atoms with Gasteiger partial charge in [-0.15, -0.1) is 0 Å². The molecule has 0 amide bonds. The molecule has 0 saturated carbocycles. The van der Waals surface area contributed by atoms with Crippen LogP contribution in [0.1, 0.15) is 53.0 Å². The van der Waals surface area contributed by atoms with Crippen LogP contribution in [0.25, 0.3) is 0 Å². The lowest BCUT2D eigenvalue weighted by molar-refractivity contribution is -0.0106. The van der Waals surface area contributed by atoms with Crippen molar-refractivity contribution < 1.29 is 13.3 Å². The molecule has 0 N–H and O–H groups in total. The van der Waals surface area contributed by atoms with E-state index in [-0.39, 0.29) is 11.2 Å². The van der Waals surface area contributed by atoms with Gasteiger partial charge in [-0.25, -0.2) is 0 Å². The molecule has 1 aromatic heterocycles. The van der Waals surface area contributed by atoms with Crippen molar-refractivity contribution in [2.45, 2.75) is 52.9 Å². The molecular formula is C11H19F2NO. The van der Waals surface area contributed by atoms with Crippen molar-refractivity contribution in [2.24, 2.45) is 0 Å². The third-order valence-corrected chi connectivity index (χ3v) is 1.71. The zero-order chi connectivity index (χ0) is 12.3. The first-order valence-electron chi connectivity index (χ1n) is 5.07. The van der Waals surface area contributed by atoms with E-state index in [1.807, 2.05) is 34.6 Å². The Balaban J connectivity index is 0.000000921.